The lowest BCUT2D eigenvalue weighted by Gasteiger charge is -2.06. The molecule has 0 atom stereocenters. The Labute approximate surface area is 149 Å². The van der Waals surface area contributed by atoms with Crippen LogP contribution in [0.25, 0.3) is 28.0 Å². The third-order valence-electron chi connectivity index (χ3n) is 4.30. The third-order valence-corrected chi connectivity index (χ3v) is 4.30. The van der Waals surface area contributed by atoms with Crippen molar-refractivity contribution in [3.63, 3.8) is 0 Å². The first-order chi connectivity index (χ1) is 12.6. The van der Waals surface area contributed by atoms with Gasteiger partial charge in [-0.15, -0.1) is 0 Å². The first-order valence-corrected chi connectivity index (χ1v) is 8.36. The van der Waals surface area contributed by atoms with E-state index in [0.717, 1.165) is 16.8 Å². The molecule has 6 heteroatoms. The molecule has 0 radical (unpaired) electrons. The third kappa shape index (κ3) is 2.47. The maximum absolute atomic E-state index is 12.3. The number of benzene rings is 1. The molecule has 0 saturated heterocycles. The van der Waals surface area contributed by atoms with Crippen LogP contribution in [-0.4, -0.2) is 19.7 Å². The zero-order valence-corrected chi connectivity index (χ0v) is 14.4. The van der Waals surface area contributed by atoms with Gasteiger partial charge in [-0.05, 0) is 25.0 Å². The summed E-state index contributed by atoms with van der Waals surface area (Å²) >= 11 is 0. The molecule has 0 bridgehead atoms. The molecule has 3 heterocycles. The maximum Gasteiger partial charge on any atom is 0.349 e. The number of hydrogen-bond acceptors (Lipinski definition) is 5. The number of aromatic hydroxyl groups is 1. The molecule has 3 aromatic heterocycles. The molecule has 0 unspecified atom stereocenters. The minimum absolute atomic E-state index is 0.0766. The van der Waals surface area contributed by atoms with Gasteiger partial charge in [0.25, 0.3) is 0 Å². The van der Waals surface area contributed by atoms with E-state index in [1.807, 2.05) is 37.3 Å². The highest BCUT2D eigenvalue weighted by Gasteiger charge is 2.20. The van der Waals surface area contributed by atoms with Crippen LogP contribution in [0.3, 0.4) is 0 Å². The Morgan fingerprint density at radius 3 is 2.62 bits per heavy atom. The molecule has 1 aromatic carbocycles. The fourth-order valence-electron chi connectivity index (χ4n) is 3.16. The Bertz CT molecular complexity index is 1160. The molecule has 0 aliphatic carbocycles. The van der Waals surface area contributed by atoms with Crippen LogP contribution in [0.15, 0.2) is 57.9 Å². The largest absolute Gasteiger partial charge is 0.507 e. The van der Waals surface area contributed by atoms with Crippen molar-refractivity contribution in [3.8, 4) is 28.1 Å². The van der Waals surface area contributed by atoms with E-state index in [4.69, 9.17) is 4.42 Å². The average molecular weight is 347 g/mol. The summed E-state index contributed by atoms with van der Waals surface area (Å²) in [7, 11) is 0. The molecule has 130 valence electrons. The van der Waals surface area contributed by atoms with Crippen LogP contribution in [0, 0.1) is 6.92 Å². The molecule has 0 fully saturated rings. The second-order valence-corrected chi connectivity index (χ2v) is 6.01. The minimum Gasteiger partial charge on any atom is -0.507 e. The molecule has 0 aliphatic heterocycles. The van der Waals surface area contributed by atoms with Crippen LogP contribution in [0.2, 0.25) is 0 Å². The summed E-state index contributed by atoms with van der Waals surface area (Å²) in [4.78, 5) is 16.8. The number of rotatable bonds is 3. The van der Waals surface area contributed by atoms with Crippen LogP contribution >= 0.6 is 0 Å². The Morgan fingerprint density at radius 2 is 1.92 bits per heavy atom. The predicted octanol–water partition coefficient (Wildman–Crippen LogP) is 3.59. The standard InChI is InChI=1S/C20H17N3O3/c1-3-14-17(13-7-5-4-6-8-13)19-21-10-9-15(23(19)22-14)18-16(24)11-12(2)26-20(18)25/h4-11,24H,3H2,1-2H3. The molecule has 4 aromatic rings. The van der Waals surface area contributed by atoms with E-state index in [-0.39, 0.29) is 11.3 Å². The molecule has 0 saturated carbocycles. The smallest absolute Gasteiger partial charge is 0.349 e. The summed E-state index contributed by atoms with van der Waals surface area (Å²) in [6.45, 7) is 3.63. The zero-order chi connectivity index (χ0) is 18.3. The van der Waals surface area contributed by atoms with E-state index in [9.17, 15) is 9.90 Å². The summed E-state index contributed by atoms with van der Waals surface area (Å²) in [5, 5.41) is 15.0. The van der Waals surface area contributed by atoms with E-state index >= 15 is 0 Å². The molecular formula is C20H17N3O3. The SMILES string of the molecule is CCc1nn2c(-c3c(O)cc(C)oc3=O)ccnc2c1-c1ccccc1. The summed E-state index contributed by atoms with van der Waals surface area (Å²) in [5.41, 5.74) is 3.34. The van der Waals surface area contributed by atoms with Gasteiger partial charge in [0, 0.05) is 17.8 Å². The van der Waals surface area contributed by atoms with Gasteiger partial charge in [-0.2, -0.15) is 5.10 Å². The van der Waals surface area contributed by atoms with Crippen molar-refractivity contribution in [2.75, 3.05) is 0 Å². The topological polar surface area (TPSA) is 80.6 Å². The lowest BCUT2D eigenvalue weighted by molar-refractivity contribution is 0.437. The molecule has 0 aliphatic rings. The number of hydrogen-bond donors (Lipinski definition) is 1. The van der Waals surface area contributed by atoms with Crippen molar-refractivity contribution in [1.29, 1.82) is 0 Å². The monoisotopic (exact) mass is 347 g/mol. The molecule has 0 amide bonds. The zero-order valence-electron chi connectivity index (χ0n) is 14.4. The van der Waals surface area contributed by atoms with Crippen molar-refractivity contribution in [2.45, 2.75) is 20.3 Å². The summed E-state index contributed by atoms with van der Waals surface area (Å²) in [6.07, 6.45) is 2.32. The average Bonchev–Trinajstić information content (AvgIpc) is 3.01. The van der Waals surface area contributed by atoms with E-state index in [2.05, 4.69) is 10.1 Å². The molecule has 4 rings (SSSR count). The van der Waals surface area contributed by atoms with Gasteiger partial charge in [-0.25, -0.2) is 14.3 Å². The number of aromatic nitrogens is 3. The van der Waals surface area contributed by atoms with Crippen molar-refractivity contribution in [3.05, 3.63) is 70.5 Å². The summed E-state index contributed by atoms with van der Waals surface area (Å²) in [5.74, 6) is 0.210. The molecule has 6 nitrogen and oxygen atoms in total. The Morgan fingerprint density at radius 1 is 1.15 bits per heavy atom. The van der Waals surface area contributed by atoms with Crippen molar-refractivity contribution in [2.24, 2.45) is 0 Å². The number of nitrogens with zero attached hydrogens (tertiary/aromatic N) is 3. The Hall–Kier alpha value is -3.41. The van der Waals surface area contributed by atoms with Gasteiger partial charge in [0.2, 0.25) is 0 Å². The van der Waals surface area contributed by atoms with Gasteiger partial charge in [-0.3, -0.25) is 0 Å². The van der Waals surface area contributed by atoms with Crippen molar-refractivity contribution >= 4 is 5.65 Å². The summed E-state index contributed by atoms with van der Waals surface area (Å²) in [6, 6.07) is 13.0. The molecular weight excluding hydrogens is 330 g/mol. The predicted molar refractivity (Wildman–Crippen MR) is 98.2 cm³/mol. The second-order valence-electron chi connectivity index (χ2n) is 6.01. The van der Waals surface area contributed by atoms with Gasteiger partial charge in [0.15, 0.2) is 5.65 Å². The van der Waals surface area contributed by atoms with Crippen molar-refractivity contribution < 1.29 is 9.52 Å². The van der Waals surface area contributed by atoms with Gasteiger partial charge >= 0.3 is 5.63 Å². The van der Waals surface area contributed by atoms with E-state index in [0.29, 0.717) is 23.5 Å². The lowest BCUT2D eigenvalue weighted by atomic mass is 10.0. The fourth-order valence-corrected chi connectivity index (χ4v) is 3.16. The first kappa shape index (κ1) is 16.1. The van der Waals surface area contributed by atoms with Gasteiger partial charge in [0.05, 0.1) is 11.4 Å². The van der Waals surface area contributed by atoms with E-state index in [1.54, 1.807) is 23.7 Å². The quantitative estimate of drug-likeness (QED) is 0.612. The maximum atomic E-state index is 12.3. The van der Waals surface area contributed by atoms with Crippen molar-refractivity contribution in [1.82, 2.24) is 14.6 Å². The normalized spacial score (nSPS) is 11.2. The number of aryl methyl sites for hydroxylation is 2. The van der Waals surface area contributed by atoms with E-state index < -0.39 is 5.63 Å². The summed E-state index contributed by atoms with van der Waals surface area (Å²) < 4.78 is 6.76. The fraction of sp³-hybridized carbons (Fsp3) is 0.150. The Balaban J connectivity index is 2.07. The van der Waals surface area contributed by atoms with Crippen LogP contribution < -0.4 is 5.63 Å². The van der Waals surface area contributed by atoms with E-state index in [1.165, 1.54) is 6.07 Å². The van der Waals surface area contributed by atoms with Gasteiger partial charge in [0.1, 0.15) is 17.1 Å². The lowest BCUT2D eigenvalue weighted by Crippen LogP contribution is -2.08. The van der Waals surface area contributed by atoms with Crippen LogP contribution in [0.1, 0.15) is 18.4 Å². The molecule has 0 spiro atoms. The highest BCUT2D eigenvalue weighted by molar-refractivity contribution is 5.82. The van der Waals surface area contributed by atoms with Crippen LogP contribution in [-0.2, 0) is 6.42 Å². The van der Waals surface area contributed by atoms with Gasteiger partial charge in [-0.1, -0.05) is 37.3 Å². The molecule has 1 N–H and O–H groups in total. The minimum atomic E-state index is -0.607. The number of fused-ring (bicyclic) bond motifs is 1. The van der Waals surface area contributed by atoms with Crippen LogP contribution in [0.5, 0.6) is 5.75 Å². The first-order valence-electron chi connectivity index (χ1n) is 8.36. The second kappa shape index (κ2) is 6.15. The molecule has 26 heavy (non-hydrogen) atoms. The Kier molecular flexibility index (Phi) is 3.80. The van der Waals surface area contributed by atoms with Gasteiger partial charge < -0.3 is 9.52 Å². The highest BCUT2D eigenvalue weighted by atomic mass is 16.4. The van der Waals surface area contributed by atoms with Crippen LogP contribution in [0.4, 0.5) is 0 Å². The highest BCUT2D eigenvalue weighted by Crippen LogP contribution is 2.32.